The van der Waals surface area contributed by atoms with E-state index in [1.54, 1.807) is 32.4 Å². The Bertz CT molecular complexity index is 685. The molecular weight excluding hydrogens is 306 g/mol. The normalized spacial score (nSPS) is 10.1. The van der Waals surface area contributed by atoms with E-state index in [1.165, 1.54) is 0 Å². The molecule has 0 heterocycles. The lowest BCUT2D eigenvalue weighted by Gasteiger charge is -2.11. The second-order valence-electron chi connectivity index (χ2n) is 5.16. The Kier molecular flexibility index (Phi) is 6.49. The fourth-order valence-corrected chi connectivity index (χ4v) is 2.34. The van der Waals surface area contributed by atoms with Gasteiger partial charge in [0.05, 0.1) is 20.8 Å². The lowest BCUT2D eigenvalue weighted by Crippen LogP contribution is -2.25. The lowest BCUT2D eigenvalue weighted by molar-refractivity contribution is 0.0953. The molecule has 0 aliphatic carbocycles. The van der Waals surface area contributed by atoms with Gasteiger partial charge < -0.3 is 19.5 Å². The summed E-state index contributed by atoms with van der Waals surface area (Å²) in [5, 5.41) is 2.92. The molecule has 2 aromatic rings. The number of methoxy groups -OCH3 is 2. The van der Waals surface area contributed by atoms with Crippen molar-refractivity contribution in [3.05, 3.63) is 53.6 Å². The van der Waals surface area contributed by atoms with Gasteiger partial charge >= 0.3 is 0 Å². The summed E-state index contributed by atoms with van der Waals surface area (Å²) < 4.78 is 15.9. The van der Waals surface area contributed by atoms with Crippen LogP contribution >= 0.6 is 0 Å². The smallest absolute Gasteiger partial charge is 0.251 e. The number of carbonyl (C=O) groups is 1. The molecule has 0 saturated carbocycles. The maximum atomic E-state index is 12.3. The summed E-state index contributed by atoms with van der Waals surface area (Å²) in [5.41, 5.74) is 1.66. The van der Waals surface area contributed by atoms with Crippen molar-refractivity contribution >= 4 is 5.91 Å². The first-order valence-corrected chi connectivity index (χ1v) is 7.90. The van der Waals surface area contributed by atoms with Crippen LogP contribution in [0.25, 0.3) is 0 Å². The number of nitrogens with one attached hydrogen (secondary N) is 1. The molecule has 0 fully saturated rings. The molecule has 0 aliphatic heterocycles. The minimum Gasteiger partial charge on any atom is -0.497 e. The number of carbonyl (C=O) groups excluding carboxylic acids is 1. The molecule has 5 heteroatoms. The van der Waals surface area contributed by atoms with E-state index >= 15 is 0 Å². The second-order valence-corrected chi connectivity index (χ2v) is 5.16. The van der Waals surface area contributed by atoms with Gasteiger partial charge in [0.25, 0.3) is 5.91 Å². The van der Waals surface area contributed by atoms with Gasteiger partial charge in [-0.25, -0.2) is 0 Å². The standard InChI is InChI=1S/C19H23NO4/c1-4-24-18-13-15(8-9-17(18)23-3)19(21)20-11-10-14-6-5-7-16(12-14)22-2/h5-9,12-13H,4,10-11H2,1-3H3,(H,20,21). The highest BCUT2D eigenvalue weighted by Gasteiger charge is 2.10. The minimum atomic E-state index is -0.137. The highest BCUT2D eigenvalue weighted by Crippen LogP contribution is 2.28. The van der Waals surface area contributed by atoms with Crippen molar-refractivity contribution in [3.8, 4) is 17.2 Å². The molecule has 0 spiro atoms. The molecule has 0 unspecified atom stereocenters. The number of rotatable bonds is 8. The Balaban J connectivity index is 1.95. The van der Waals surface area contributed by atoms with Crippen LogP contribution in [0.5, 0.6) is 17.2 Å². The van der Waals surface area contributed by atoms with Crippen LogP contribution in [0.2, 0.25) is 0 Å². The van der Waals surface area contributed by atoms with Gasteiger partial charge in [0, 0.05) is 12.1 Å². The molecule has 1 N–H and O–H groups in total. The van der Waals surface area contributed by atoms with Crippen molar-refractivity contribution < 1.29 is 19.0 Å². The van der Waals surface area contributed by atoms with Gasteiger partial charge in [0.1, 0.15) is 5.75 Å². The number of hydrogen-bond acceptors (Lipinski definition) is 4. The van der Waals surface area contributed by atoms with Crippen LogP contribution < -0.4 is 19.5 Å². The summed E-state index contributed by atoms with van der Waals surface area (Å²) in [4.78, 5) is 12.3. The summed E-state index contributed by atoms with van der Waals surface area (Å²) in [7, 11) is 3.21. The van der Waals surface area contributed by atoms with Gasteiger partial charge in [-0.15, -0.1) is 0 Å². The van der Waals surface area contributed by atoms with E-state index in [1.807, 2.05) is 31.2 Å². The van der Waals surface area contributed by atoms with Crippen molar-refractivity contribution in [2.24, 2.45) is 0 Å². The first kappa shape index (κ1) is 17.7. The maximum Gasteiger partial charge on any atom is 0.251 e. The van der Waals surface area contributed by atoms with Crippen molar-refractivity contribution in [2.45, 2.75) is 13.3 Å². The van der Waals surface area contributed by atoms with Crippen molar-refractivity contribution in [1.82, 2.24) is 5.32 Å². The first-order valence-electron chi connectivity index (χ1n) is 7.90. The van der Waals surface area contributed by atoms with E-state index in [0.717, 1.165) is 17.7 Å². The van der Waals surface area contributed by atoms with E-state index in [2.05, 4.69) is 5.32 Å². The zero-order chi connectivity index (χ0) is 17.4. The van der Waals surface area contributed by atoms with Gasteiger partial charge in [-0.05, 0) is 49.2 Å². The van der Waals surface area contributed by atoms with E-state index < -0.39 is 0 Å². The molecule has 128 valence electrons. The van der Waals surface area contributed by atoms with Crippen LogP contribution in [-0.4, -0.2) is 33.3 Å². The Hall–Kier alpha value is -2.69. The van der Waals surface area contributed by atoms with Gasteiger partial charge in [0.2, 0.25) is 0 Å². The predicted molar refractivity (Wildman–Crippen MR) is 93.2 cm³/mol. The van der Waals surface area contributed by atoms with Gasteiger partial charge in [0.15, 0.2) is 11.5 Å². The summed E-state index contributed by atoms with van der Waals surface area (Å²) in [6.45, 7) is 2.94. The molecule has 0 bridgehead atoms. The minimum absolute atomic E-state index is 0.137. The van der Waals surface area contributed by atoms with Gasteiger partial charge in [-0.1, -0.05) is 12.1 Å². The number of ether oxygens (including phenoxy) is 3. The Morgan fingerprint density at radius 1 is 1.04 bits per heavy atom. The second kappa shape index (κ2) is 8.82. The monoisotopic (exact) mass is 329 g/mol. The van der Waals surface area contributed by atoms with E-state index in [-0.39, 0.29) is 5.91 Å². The Morgan fingerprint density at radius 3 is 2.58 bits per heavy atom. The first-order chi connectivity index (χ1) is 11.7. The number of benzene rings is 2. The summed E-state index contributed by atoms with van der Waals surface area (Å²) in [6, 6.07) is 13.0. The average molecular weight is 329 g/mol. The molecule has 1 amide bonds. The topological polar surface area (TPSA) is 56.8 Å². The third kappa shape index (κ3) is 4.65. The molecule has 24 heavy (non-hydrogen) atoms. The highest BCUT2D eigenvalue weighted by atomic mass is 16.5. The van der Waals surface area contributed by atoms with Crippen LogP contribution in [0, 0.1) is 0 Å². The average Bonchev–Trinajstić information content (AvgIpc) is 2.62. The third-order valence-corrected chi connectivity index (χ3v) is 3.56. The molecule has 0 aromatic heterocycles. The predicted octanol–water partition coefficient (Wildman–Crippen LogP) is 3.08. The maximum absolute atomic E-state index is 12.3. The van der Waals surface area contributed by atoms with Crippen molar-refractivity contribution in [3.63, 3.8) is 0 Å². The summed E-state index contributed by atoms with van der Waals surface area (Å²) in [5.74, 6) is 1.86. The molecule has 0 atom stereocenters. The Labute approximate surface area is 142 Å². The highest BCUT2D eigenvalue weighted by molar-refractivity contribution is 5.94. The van der Waals surface area contributed by atoms with Crippen molar-refractivity contribution in [2.75, 3.05) is 27.4 Å². The Morgan fingerprint density at radius 2 is 1.88 bits per heavy atom. The van der Waals surface area contributed by atoms with E-state index in [9.17, 15) is 4.79 Å². The molecule has 0 aliphatic rings. The molecule has 5 nitrogen and oxygen atoms in total. The van der Waals surface area contributed by atoms with Crippen molar-refractivity contribution in [1.29, 1.82) is 0 Å². The van der Waals surface area contributed by atoms with Crippen LogP contribution in [0.1, 0.15) is 22.8 Å². The van der Waals surface area contributed by atoms with Crippen LogP contribution in [0.3, 0.4) is 0 Å². The summed E-state index contributed by atoms with van der Waals surface area (Å²) >= 11 is 0. The largest absolute Gasteiger partial charge is 0.497 e. The fraction of sp³-hybridized carbons (Fsp3) is 0.316. The zero-order valence-corrected chi connectivity index (χ0v) is 14.3. The SMILES string of the molecule is CCOc1cc(C(=O)NCCc2cccc(OC)c2)ccc1OC. The van der Waals surface area contributed by atoms with E-state index in [4.69, 9.17) is 14.2 Å². The lowest BCUT2D eigenvalue weighted by atomic mass is 10.1. The molecule has 0 saturated heterocycles. The molecular formula is C19H23NO4. The summed E-state index contributed by atoms with van der Waals surface area (Å²) in [6.07, 6.45) is 0.734. The molecule has 2 aromatic carbocycles. The van der Waals surface area contributed by atoms with Crippen LogP contribution in [0.4, 0.5) is 0 Å². The number of hydrogen-bond donors (Lipinski definition) is 1. The van der Waals surface area contributed by atoms with Crippen LogP contribution in [0.15, 0.2) is 42.5 Å². The fourth-order valence-electron chi connectivity index (χ4n) is 2.34. The van der Waals surface area contributed by atoms with Gasteiger partial charge in [-0.2, -0.15) is 0 Å². The molecule has 2 rings (SSSR count). The molecule has 0 radical (unpaired) electrons. The van der Waals surface area contributed by atoms with Crippen LogP contribution in [-0.2, 0) is 6.42 Å². The van der Waals surface area contributed by atoms with E-state index in [0.29, 0.717) is 30.2 Å². The third-order valence-electron chi connectivity index (χ3n) is 3.56. The number of amides is 1. The van der Waals surface area contributed by atoms with Gasteiger partial charge in [-0.3, -0.25) is 4.79 Å². The zero-order valence-electron chi connectivity index (χ0n) is 14.3. The quantitative estimate of drug-likeness (QED) is 0.809.